The third-order valence-electron chi connectivity index (χ3n) is 12.2. The number of carbonyl (C=O) groups excluding carboxylic acids is 4. The first-order chi connectivity index (χ1) is 29.5. The minimum absolute atomic E-state index is 0.0303. The fourth-order valence-corrected chi connectivity index (χ4v) is 9.54. The van der Waals surface area contributed by atoms with Crippen LogP contribution >= 0.6 is 11.3 Å². The van der Waals surface area contributed by atoms with E-state index in [9.17, 15) is 19.2 Å². The summed E-state index contributed by atoms with van der Waals surface area (Å²) >= 11 is 1.50. The van der Waals surface area contributed by atoms with Crippen molar-refractivity contribution in [2.24, 2.45) is 17.8 Å². The number of nitrogens with zero attached hydrogens (tertiary/aromatic N) is 4. The summed E-state index contributed by atoms with van der Waals surface area (Å²) in [4.78, 5) is 66.9. The van der Waals surface area contributed by atoms with Gasteiger partial charge in [0.1, 0.15) is 11.0 Å². The Bertz CT molecular complexity index is 1910. The number of benzene rings is 2. The van der Waals surface area contributed by atoms with Crippen LogP contribution in [0.25, 0.3) is 0 Å². The second kappa shape index (κ2) is 23.7. The summed E-state index contributed by atoms with van der Waals surface area (Å²) in [6.45, 7) is 16.9. The highest BCUT2D eigenvalue weighted by atomic mass is 32.1. The second-order valence-electron chi connectivity index (χ2n) is 17.4. The maximum atomic E-state index is 14.5. The van der Waals surface area contributed by atoms with Gasteiger partial charge in [-0.25, -0.2) is 4.98 Å². The molecule has 1 saturated heterocycles. The molecule has 0 unspecified atom stereocenters. The van der Waals surface area contributed by atoms with Crippen molar-refractivity contribution < 1.29 is 28.7 Å². The van der Waals surface area contributed by atoms with E-state index in [4.69, 9.17) is 15.2 Å². The molecule has 0 spiro atoms. The van der Waals surface area contributed by atoms with E-state index in [0.717, 1.165) is 28.1 Å². The number of rotatable bonds is 23. The number of hydrogen-bond acceptors (Lipinski definition) is 10. The molecule has 4 amide bonds. The molecular weight excluding hydrogens is 803 g/mol. The van der Waals surface area contributed by atoms with Crippen molar-refractivity contribution in [2.45, 2.75) is 123 Å². The lowest BCUT2D eigenvalue weighted by Gasteiger charge is -2.39. The number of nitrogens with one attached hydrogen (secondary N) is 2. The Kier molecular flexibility index (Phi) is 19.1. The molecule has 8 atom stereocenters. The first-order valence-electron chi connectivity index (χ1n) is 21.9. The van der Waals surface area contributed by atoms with Crippen LogP contribution in [-0.4, -0.2) is 115 Å². The lowest BCUT2D eigenvalue weighted by atomic mass is 9.92. The number of hydrogen-bond donors (Lipinski definition) is 3. The van der Waals surface area contributed by atoms with Crippen LogP contribution in [0.1, 0.15) is 89.4 Å². The Hall–Kier alpha value is -4.63. The largest absolute Gasteiger partial charge is 0.399 e. The fraction of sp³-hybridized carbons (Fsp3) is 0.562. The number of anilines is 1. The van der Waals surface area contributed by atoms with E-state index < -0.39 is 36.3 Å². The minimum atomic E-state index is -0.851. The predicted molar refractivity (Wildman–Crippen MR) is 247 cm³/mol. The zero-order chi connectivity index (χ0) is 45.7. The van der Waals surface area contributed by atoms with E-state index in [1.807, 2.05) is 118 Å². The SMILES string of the molecule is C=C(CC)[C@@H]([C@@H](CC(=O)N1CCC[C@H]1[C@H](OC)[C@@H](C)C(=O)N[C@@H](Cc1ccccc1)c1nccs1)OC)N(C)C(=O)[C@@H](NC(=O)[C@H](C(C)C)N(C)Cc1cccc(N)c1)C(C)C. The summed E-state index contributed by atoms with van der Waals surface area (Å²) in [6, 6.07) is 14.9. The van der Waals surface area contributed by atoms with Gasteiger partial charge in [-0.3, -0.25) is 24.1 Å². The van der Waals surface area contributed by atoms with Crippen LogP contribution in [-0.2, 0) is 41.6 Å². The molecule has 1 aliphatic rings. The molecular formula is C48H71N7O6S. The Balaban J connectivity index is 1.49. The summed E-state index contributed by atoms with van der Waals surface area (Å²) < 4.78 is 12.1. The summed E-state index contributed by atoms with van der Waals surface area (Å²) in [5, 5.41) is 9.04. The van der Waals surface area contributed by atoms with Crippen LogP contribution in [0.2, 0.25) is 0 Å². The average Bonchev–Trinajstić information content (AvgIpc) is 3.96. The average molecular weight is 874 g/mol. The molecule has 2 heterocycles. The van der Waals surface area contributed by atoms with Gasteiger partial charge in [0.2, 0.25) is 23.6 Å². The van der Waals surface area contributed by atoms with E-state index in [0.29, 0.717) is 38.0 Å². The maximum Gasteiger partial charge on any atom is 0.245 e. The molecule has 340 valence electrons. The number of nitrogens with two attached hydrogens (primary N) is 1. The number of thiazole rings is 1. The highest BCUT2D eigenvalue weighted by Crippen LogP contribution is 2.30. The van der Waals surface area contributed by atoms with Crippen LogP contribution in [0.15, 0.2) is 78.3 Å². The molecule has 4 N–H and O–H groups in total. The van der Waals surface area contributed by atoms with Crippen molar-refractivity contribution in [1.82, 2.24) is 30.3 Å². The number of nitrogen functional groups attached to an aromatic ring is 1. The van der Waals surface area contributed by atoms with Crippen LogP contribution in [0.3, 0.4) is 0 Å². The molecule has 0 saturated carbocycles. The summed E-state index contributed by atoms with van der Waals surface area (Å²) in [5.41, 5.74) is 9.47. The van der Waals surface area contributed by atoms with E-state index >= 15 is 0 Å². The van der Waals surface area contributed by atoms with E-state index in [-0.39, 0.29) is 54.0 Å². The maximum absolute atomic E-state index is 14.5. The first-order valence-corrected chi connectivity index (χ1v) is 22.8. The smallest absolute Gasteiger partial charge is 0.245 e. The Morgan fingerprint density at radius 1 is 0.935 bits per heavy atom. The molecule has 0 aliphatic carbocycles. The Morgan fingerprint density at radius 2 is 1.63 bits per heavy atom. The van der Waals surface area contributed by atoms with Crippen molar-refractivity contribution in [3.63, 3.8) is 0 Å². The van der Waals surface area contributed by atoms with Gasteiger partial charge in [-0.15, -0.1) is 11.3 Å². The molecule has 3 aromatic rings. The molecule has 1 aliphatic heterocycles. The topological polar surface area (TPSA) is 159 Å². The molecule has 62 heavy (non-hydrogen) atoms. The number of likely N-dealkylation sites (N-methyl/N-ethyl adjacent to an activating group) is 2. The molecule has 4 rings (SSSR count). The van der Waals surface area contributed by atoms with Gasteiger partial charge in [-0.05, 0) is 67.8 Å². The highest BCUT2D eigenvalue weighted by Gasteiger charge is 2.43. The van der Waals surface area contributed by atoms with Crippen LogP contribution in [0, 0.1) is 17.8 Å². The molecule has 0 bridgehead atoms. The van der Waals surface area contributed by atoms with Gasteiger partial charge in [0.05, 0.1) is 48.7 Å². The molecule has 13 nitrogen and oxygen atoms in total. The first kappa shape index (κ1) is 50.0. The van der Waals surface area contributed by atoms with Crippen molar-refractivity contribution in [3.8, 4) is 0 Å². The predicted octanol–water partition coefficient (Wildman–Crippen LogP) is 6.26. The number of likely N-dealkylation sites (tertiary alicyclic amines) is 1. The van der Waals surface area contributed by atoms with Crippen molar-refractivity contribution in [3.05, 3.63) is 94.5 Å². The van der Waals surface area contributed by atoms with Gasteiger partial charge in [-0.1, -0.05) is 96.2 Å². The van der Waals surface area contributed by atoms with E-state index in [1.54, 1.807) is 25.3 Å². The van der Waals surface area contributed by atoms with Crippen molar-refractivity contribution in [2.75, 3.05) is 40.6 Å². The van der Waals surface area contributed by atoms with E-state index in [2.05, 4.69) is 22.2 Å². The third kappa shape index (κ3) is 13.0. The number of ether oxygens (including phenoxy) is 2. The Morgan fingerprint density at radius 3 is 2.21 bits per heavy atom. The number of amides is 4. The van der Waals surface area contributed by atoms with Gasteiger partial charge < -0.3 is 35.6 Å². The van der Waals surface area contributed by atoms with Gasteiger partial charge in [0.25, 0.3) is 0 Å². The van der Waals surface area contributed by atoms with E-state index in [1.165, 1.54) is 18.4 Å². The van der Waals surface area contributed by atoms with Crippen LogP contribution in [0.5, 0.6) is 0 Å². The van der Waals surface area contributed by atoms with Gasteiger partial charge >= 0.3 is 0 Å². The lowest BCUT2D eigenvalue weighted by Crippen LogP contribution is -2.59. The Labute approximate surface area is 373 Å². The van der Waals surface area contributed by atoms with Gasteiger partial charge in [-0.2, -0.15) is 0 Å². The number of aromatic nitrogens is 1. The van der Waals surface area contributed by atoms with Gasteiger partial charge in [0, 0.05) is 51.6 Å². The van der Waals surface area contributed by atoms with Crippen LogP contribution < -0.4 is 16.4 Å². The number of methoxy groups -OCH3 is 2. The van der Waals surface area contributed by atoms with Crippen molar-refractivity contribution in [1.29, 1.82) is 0 Å². The molecule has 2 aromatic carbocycles. The fourth-order valence-electron chi connectivity index (χ4n) is 8.85. The summed E-state index contributed by atoms with van der Waals surface area (Å²) in [5.74, 6) is -1.77. The summed E-state index contributed by atoms with van der Waals surface area (Å²) in [6.07, 6.45) is 2.95. The molecule has 14 heteroatoms. The quantitative estimate of drug-likeness (QED) is 0.0739. The highest BCUT2D eigenvalue weighted by molar-refractivity contribution is 7.09. The minimum Gasteiger partial charge on any atom is -0.399 e. The van der Waals surface area contributed by atoms with Crippen molar-refractivity contribution >= 4 is 40.7 Å². The van der Waals surface area contributed by atoms with Crippen LogP contribution in [0.4, 0.5) is 5.69 Å². The zero-order valence-electron chi connectivity index (χ0n) is 38.5. The lowest BCUT2D eigenvalue weighted by molar-refractivity contribution is -0.145. The molecule has 1 fully saturated rings. The molecule has 0 radical (unpaired) electrons. The standard InChI is InChI=1S/C48H71N7O6S/c1-12-32(6)43(54(9)48(59)41(30(2)3)52-46(58)42(31(4)5)53(8)29-35-20-16-21-36(49)26-35)39(60-10)28-40(56)55-24-17-22-38(55)44(61-11)33(7)45(57)51-37(47-50-23-25-62-47)27-34-18-14-13-15-19-34/h13-16,18-21,23,25-26,30-31,33,37-39,41-44H,6,12,17,22,24,27-29,49H2,1-5,7-11H3,(H,51,57)(H,52,58)/t33-,37+,38+,39-,41+,42+,43+,44-/m1/s1. The molecule has 1 aromatic heterocycles. The number of carbonyl (C=O) groups is 4. The monoisotopic (exact) mass is 874 g/mol. The zero-order valence-corrected chi connectivity index (χ0v) is 39.3. The van der Waals surface area contributed by atoms with Gasteiger partial charge in [0.15, 0.2) is 0 Å². The summed E-state index contributed by atoms with van der Waals surface area (Å²) in [7, 11) is 6.71. The third-order valence-corrected chi connectivity index (χ3v) is 13.1. The normalized spacial score (nSPS) is 17.6. The second-order valence-corrected chi connectivity index (χ2v) is 18.3.